The molecule has 2 aliphatic heterocycles. The van der Waals surface area contributed by atoms with Crippen LogP contribution in [-0.2, 0) is 21.4 Å². The summed E-state index contributed by atoms with van der Waals surface area (Å²) in [5, 5.41) is 11.2. The molecule has 2 fully saturated rings. The number of hydrogen-bond donors (Lipinski definition) is 1. The number of esters is 1. The molecule has 2 bridgehead atoms. The molecule has 1 amide bonds. The number of rotatable bonds is 4. The normalized spacial score (nSPS) is 27.5. The number of likely N-dealkylation sites (N-methyl/N-ethyl adjacent to an activating group) is 1. The summed E-state index contributed by atoms with van der Waals surface area (Å²) in [6.07, 6.45) is 4.83. The Balaban J connectivity index is 1.40. The molecule has 2 heterocycles. The molecule has 1 saturated carbocycles. The average molecular weight is 541 g/mol. The van der Waals surface area contributed by atoms with Gasteiger partial charge < -0.3 is 19.5 Å². The van der Waals surface area contributed by atoms with Crippen LogP contribution in [0, 0.1) is 31.6 Å². The molecule has 1 N–H and O–H groups in total. The highest BCUT2D eigenvalue weighted by Crippen LogP contribution is 2.65. The number of nitrogens with zero attached hydrogens (tertiary/aromatic N) is 2. The number of phenolic OH excluding ortho intramolecular Hbond substituents is 1. The van der Waals surface area contributed by atoms with Crippen molar-refractivity contribution in [1.82, 2.24) is 9.80 Å². The van der Waals surface area contributed by atoms with E-state index in [9.17, 15) is 14.7 Å². The molecule has 6 rings (SSSR count). The number of likely N-dealkylation sites (tertiary alicyclic amines) is 1. The van der Waals surface area contributed by atoms with Crippen LogP contribution in [0.2, 0.25) is 0 Å². The van der Waals surface area contributed by atoms with Gasteiger partial charge in [0.2, 0.25) is 0 Å². The lowest BCUT2D eigenvalue weighted by atomic mass is 9.51. The average Bonchev–Trinajstić information content (AvgIpc) is 3.26. The molecule has 0 radical (unpaired) electrons. The van der Waals surface area contributed by atoms with Gasteiger partial charge in [-0.05, 0) is 75.3 Å². The van der Waals surface area contributed by atoms with E-state index >= 15 is 0 Å². The molecule has 5 atom stereocenters. The van der Waals surface area contributed by atoms with Crippen molar-refractivity contribution in [2.45, 2.75) is 70.1 Å². The first-order valence-corrected chi connectivity index (χ1v) is 14.1. The van der Waals surface area contributed by atoms with E-state index in [1.807, 2.05) is 38.2 Å². The van der Waals surface area contributed by atoms with E-state index in [-0.39, 0.29) is 41.5 Å². The fraction of sp³-hybridized carbons (Fsp3) is 0.455. The number of carbonyl (C=O) groups excluding carboxylic acids is 2. The van der Waals surface area contributed by atoms with Gasteiger partial charge in [0, 0.05) is 60.7 Å². The predicted molar refractivity (Wildman–Crippen MR) is 151 cm³/mol. The van der Waals surface area contributed by atoms with E-state index in [4.69, 9.17) is 9.47 Å². The number of carbonyl (C=O) groups is 2. The first-order valence-electron chi connectivity index (χ1n) is 14.1. The molecule has 2 aromatic rings. The number of aromatic hydroxyl groups is 1. The van der Waals surface area contributed by atoms with Gasteiger partial charge in [-0.25, -0.2) is 0 Å². The number of benzene rings is 2. The summed E-state index contributed by atoms with van der Waals surface area (Å²) in [6.45, 7) is 11.1. The van der Waals surface area contributed by atoms with Crippen molar-refractivity contribution in [3.8, 4) is 29.1 Å². The number of piperidine rings is 1. The number of amides is 1. The topological polar surface area (TPSA) is 79.3 Å². The monoisotopic (exact) mass is 540 g/mol. The zero-order valence-corrected chi connectivity index (χ0v) is 23.6. The lowest BCUT2D eigenvalue weighted by Crippen LogP contribution is -2.68. The summed E-state index contributed by atoms with van der Waals surface area (Å²) < 4.78 is 12.3. The molecule has 2 aromatic carbocycles. The Morgan fingerprint density at radius 3 is 2.80 bits per heavy atom. The number of aryl methyl sites for hydroxylation is 2. The van der Waals surface area contributed by atoms with Crippen LogP contribution in [0.1, 0.15) is 54.0 Å². The smallest absolute Gasteiger partial charge is 0.308 e. The fourth-order valence-electron chi connectivity index (χ4n) is 7.85. The minimum absolute atomic E-state index is 0.133. The molecule has 0 aromatic heterocycles. The molecule has 208 valence electrons. The summed E-state index contributed by atoms with van der Waals surface area (Å²) in [4.78, 5) is 29.6. The van der Waals surface area contributed by atoms with Crippen LogP contribution < -0.4 is 9.47 Å². The summed E-state index contributed by atoms with van der Waals surface area (Å²) >= 11 is 0. The Hall–Kier alpha value is -3.76. The molecule has 4 aliphatic rings. The quantitative estimate of drug-likeness (QED) is 0.273. The lowest BCUT2D eigenvalue weighted by molar-refractivity contribution is -0.134. The van der Waals surface area contributed by atoms with Gasteiger partial charge in [-0.2, -0.15) is 0 Å². The Bertz CT molecular complexity index is 1490. The third-order valence-corrected chi connectivity index (χ3v) is 9.75. The van der Waals surface area contributed by atoms with Gasteiger partial charge in [-0.1, -0.05) is 18.1 Å². The minimum atomic E-state index is -0.469. The lowest BCUT2D eigenvalue weighted by Gasteiger charge is -2.60. The second-order valence-electron chi connectivity index (χ2n) is 11.8. The van der Waals surface area contributed by atoms with Crippen LogP contribution in [0.5, 0.6) is 17.2 Å². The van der Waals surface area contributed by atoms with Gasteiger partial charge in [0.05, 0.1) is 6.04 Å². The van der Waals surface area contributed by atoms with Crippen molar-refractivity contribution in [2.24, 2.45) is 5.92 Å². The molecule has 2 aliphatic carbocycles. The predicted octanol–water partition coefficient (Wildman–Crippen LogP) is 4.04. The Labute approximate surface area is 235 Å². The molecular weight excluding hydrogens is 504 g/mol. The highest BCUT2D eigenvalue weighted by molar-refractivity contribution is 5.94. The van der Waals surface area contributed by atoms with Crippen LogP contribution in [0.3, 0.4) is 0 Å². The highest BCUT2D eigenvalue weighted by atomic mass is 16.6. The second kappa shape index (κ2) is 9.71. The first kappa shape index (κ1) is 26.5. The minimum Gasteiger partial charge on any atom is -0.508 e. The molecule has 7 heteroatoms. The van der Waals surface area contributed by atoms with Crippen molar-refractivity contribution in [3.63, 3.8) is 0 Å². The number of hydrogen-bond acceptors (Lipinski definition) is 6. The van der Waals surface area contributed by atoms with Crippen LogP contribution in [0.15, 0.2) is 36.9 Å². The van der Waals surface area contributed by atoms with Gasteiger partial charge in [0.1, 0.15) is 11.9 Å². The third kappa shape index (κ3) is 3.92. The van der Waals surface area contributed by atoms with E-state index in [0.29, 0.717) is 12.2 Å². The Kier molecular flexibility index (Phi) is 6.42. The maximum absolute atomic E-state index is 13.4. The van der Waals surface area contributed by atoms with Crippen molar-refractivity contribution >= 4 is 11.9 Å². The summed E-state index contributed by atoms with van der Waals surface area (Å²) in [6, 6.07) is 7.48. The third-order valence-electron chi connectivity index (χ3n) is 9.75. The van der Waals surface area contributed by atoms with Crippen molar-refractivity contribution in [2.75, 3.05) is 20.1 Å². The SMILES string of the molecule is C=CCN1CC[C@]23c4c5c(O)cc(OC(C)=O)c4O[C@H]2[C@@H](N(C)C(=O)C#Cc2ccc(C)c(C)c2)CC[C@H]3[C@H]1C5. The van der Waals surface area contributed by atoms with Gasteiger partial charge in [0.15, 0.2) is 11.5 Å². The maximum atomic E-state index is 13.4. The van der Waals surface area contributed by atoms with Gasteiger partial charge in [-0.3, -0.25) is 14.5 Å². The van der Waals surface area contributed by atoms with E-state index in [1.165, 1.54) is 18.6 Å². The van der Waals surface area contributed by atoms with Crippen molar-refractivity contribution < 1.29 is 24.2 Å². The van der Waals surface area contributed by atoms with Gasteiger partial charge >= 0.3 is 5.97 Å². The Morgan fingerprint density at radius 2 is 2.08 bits per heavy atom. The standard InChI is InChI=1S/C33H36N2O5/c1-6-14-35-15-13-33-24-10-11-25(34(5)29(38)12-9-22-8-7-19(2)20(3)16-22)32(33)40-31-28(39-21(4)36)18-27(37)23(30(31)33)17-26(24)35/h6-8,16,18,24-26,32,37H,1,10-11,13-15,17H2,2-5H3/t24-,25-,26+,32-,33-/m0/s1. The van der Waals surface area contributed by atoms with Gasteiger partial charge in [0.25, 0.3) is 5.91 Å². The van der Waals surface area contributed by atoms with E-state index in [2.05, 4.69) is 30.2 Å². The number of phenols is 1. The maximum Gasteiger partial charge on any atom is 0.308 e. The van der Waals surface area contributed by atoms with E-state index in [1.54, 1.807) is 4.90 Å². The van der Waals surface area contributed by atoms with Crippen LogP contribution in [0.4, 0.5) is 0 Å². The second-order valence-corrected chi connectivity index (χ2v) is 11.8. The largest absolute Gasteiger partial charge is 0.508 e. The van der Waals surface area contributed by atoms with E-state index in [0.717, 1.165) is 54.6 Å². The van der Waals surface area contributed by atoms with Gasteiger partial charge in [-0.15, -0.1) is 6.58 Å². The molecule has 40 heavy (non-hydrogen) atoms. The highest BCUT2D eigenvalue weighted by Gasteiger charge is 2.67. The van der Waals surface area contributed by atoms with Crippen molar-refractivity contribution in [3.05, 3.63) is 64.7 Å². The number of ether oxygens (including phenoxy) is 2. The van der Waals surface area contributed by atoms with Crippen LogP contribution in [-0.4, -0.2) is 65.1 Å². The zero-order valence-electron chi connectivity index (χ0n) is 23.6. The summed E-state index contributed by atoms with van der Waals surface area (Å²) in [5.74, 6) is 6.40. The van der Waals surface area contributed by atoms with Crippen LogP contribution in [0.25, 0.3) is 0 Å². The fourth-order valence-corrected chi connectivity index (χ4v) is 7.85. The summed E-state index contributed by atoms with van der Waals surface area (Å²) in [7, 11) is 1.81. The molecule has 1 spiro atoms. The molecule has 7 nitrogen and oxygen atoms in total. The first-order chi connectivity index (χ1) is 19.1. The molecule has 1 saturated heterocycles. The van der Waals surface area contributed by atoms with E-state index < -0.39 is 11.4 Å². The molecular formula is C33H36N2O5. The van der Waals surface area contributed by atoms with Crippen molar-refractivity contribution in [1.29, 1.82) is 0 Å². The zero-order chi connectivity index (χ0) is 28.3. The molecule has 0 unspecified atom stereocenters. The van der Waals surface area contributed by atoms with Crippen LogP contribution >= 0.6 is 0 Å². The summed E-state index contributed by atoms with van der Waals surface area (Å²) in [5.41, 5.74) is 4.59. The Morgan fingerprint density at radius 1 is 1.27 bits per heavy atom.